The third-order valence-corrected chi connectivity index (χ3v) is 17.7. The molecule has 5 nitrogen and oxygen atoms in total. The summed E-state index contributed by atoms with van der Waals surface area (Å²) in [5.41, 5.74) is 26.2. The number of fused-ring (bicyclic) bond motifs is 15. The minimum atomic E-state index is -0.165. The van der Waals surface area contributed by atoms with Crippen LogP contribution >= 0.6 is 0 Å². The molecule has 3 aliphatic heterocycles. The normalized spacial score (nSPS) is 13.9. The number of hydrogen-bond donors (Lipinski definition) is 0. The van der Waals surface area contributed by atoms with E-state index in [1.165, 1.54) is 111 Å². The fourth-order valence-electron chi connectivity index (χ4n) is 13.7. The number of benzene rings is 10. The van der Waals surface area contributed by atoms with Crippen LogP contribution in [0.25, 0.3) is 88.1 Å². The Bertz CT molecular complexity index is 4690. The first-order chi connectivity index (χ1) is 37.6. The van der Waals surface area contributed by atoms with Gasteiger partial charge in [0.1, 0.15) is 11.2 Å². The standard InChI is InChI=1S/C72H59BN4O/c1-70(2,3)43-29-35-58-53(37-43)54-38-44(71(4,5)6)30-36-59(54)75(58)47-33-34-55-62(41-47)74(46-31-27-42(28-32-46)48-19-14-21-52-50-18-11-13-26-65(50)78-69(48)52)63-39-45(72(7,8)9)40-64-66(63)73(55)56-22-16-25-61-68(56)77(64)60-24-15-20-51-49-17-10-12-23-57(49)76(61)67(51)60/h10-41H,1-9H3. The van der Waals surface area contributed by atoms with Gasteiger partial charge in [0.05, 0.1) is 39.1 Å². The number of aromatic nitrogens is 2. The lowest BCUT2D eigenvalue weighted by Crippen LogP contribution is -2.62. The van der Waals surface area contributed by atoms with Crippen molar-refractivity contribution in [2.45, 2.75) is 78.6 Å². The van der Waals surface area contributed by atoms with Crippen molar-refractivity contribution in [2.75, 3.05) is 9.80 Å². The van der Waals surface area contributed by atoms with E-state index in [4.69, 9.17) is 4.42 Å². The van der Waals surface area contributed by atoms with E-state index in [1.807, 2.05) is 0 Å². The van der Waals surface area contributed by atoms with Gasteiger partial charge in [0.25, 0.3) is 6.71 Å². The highest BCUT2D eigenvalue weighted by atomic mass is 16.3. The second-order valence-corrected chi connectivity index (χ2v) is 25.4. The Kier molecular flexibility index (Phi) is 9.02. The van der Waals surface area contributed by atoms with Crippen molar-refractivity contribution in [1.29, 1.82) is 0 Å². The van der Waals surface area contributed by atoms with Crippen molar-refractivity contribution in [2.24, 2.45) is 0 Å². The molecular weight excluding hydrogens is 948 g/mol. The highest BCUT2D eigenvalue weighted by Gasteiger charge is 2.47. The minimum Gasteiger partial charge on any atom is -0.455 e. The van der Waals surface area contributed by atoms with Gasteiger partial charge < -0.3 is 23.4 Å². The maximum absolute atomic E-state index is 6.63. The van der Waals surface area contributed by atoms with Crippen molar-refractivity contribution in [1.82, 2.24) is 9.13 Å². The van der Waals surface area contributed by atoms with Crippen LogP contribution in [-0.4, -0.2) is 15.8 Å². The Hall–Kier alpha value is -8.74. The molecule has 0 radical (unpaired) electrons. The van der Waals surface area contributed by atoms with Crippen molar-refractivity contribution in [3.8, 4) is 22.5 Å². The summed E-state index contributed by atoms with van der Waals surface area (Å²) in [6.07, 6.45) is 0. The number of para-hydroxylation sites is 5. The first kappa shape index (κ1) is 45.5. The third-order valence-electron chi connectivity index (χ3n) is 17.7. The van der Waals surface area contributed by atoms with E-state index >= 15 is 0 Å². The van der Waals surface area contributed by atoms with Crippen LogP contribution < -0.4 is 26.2 Å². The molecule has 0 saturated heterocycles. The van der Waals surface area contributed by atoms with E-state index in [1.54, 1.807) is 0 Å². The van der Waals surface area contributed by atoms with Gasteiger partial charge in [0, 0.05) is 66.3 Å². The Morgan fingerprint density at radius 1 is 0.372 bits per heavy atom. The monoisotopic (exact) mass is 1010 g/mol. The molecule has 0 atom stereocenters. The first-order valence-electron chi connectivity index (χ1n) is 27.8. The van der Waals surface area contributed by atoms with Crippen LogP contribution in [0.2, 0.25) is 0 Å². The minimum absolute atomic E-state index is 0.00239. The van der Waals surface area contributed by atoms with Crippen molar-refractivity contribution >= 4 is 123 Å². The maximum Gasteiger partial charge on any atom is 0.252 e. The maximum atomic E-state index is 6.63. The molecular formula is C72H59BN4O. The van der Waals surface area contributed by atoms with Crippen LogP contribution in [0.15, 0.2) is 199 Å². The zero-order valence-corrected chi connectivity index (χ0v) is 45.7. The van der Waals surface area contributed by atoms with E-state index in [0.29, 0.717) is 0 Å². The smallest absolute Gasteiger partial charge is 0.252 e. The second kappa shape index (κ2) is 15.5. The molecule has 16 rings (SSSR count). The van der Waals surface area contributed by atoms with Crippen LogP contribution in [0.4, 0.5) is 34.1 Å². The van der Waals surface area contributed by atoms with Gasteiger partial charge in [-0.3, -0.25) is 0 Å². The lowest BCUT2D eigenvalue weighted by Gasteiger charge is -2.47. The molecule has 78 heavy (non-hydrogen) atoms. The van der Waals surface area contributed by atoms with Crippen molar-refractivity contribution in [3.63, 3.8) is 0 Å². The predicted octanol–water partition coefficient (Wildman–Crippen LogP) is 17.7. The summed E-state index contributed by atoms with van der Waals surface area (Å²) in [4.78, 5) is 5.22. The molecule has 376 valence electrons. The summed E-state index contributed by atoms with van der Waals surface area (Å²) in [6.45, 7) is 21.0. The van der Waals surface area contributed by atoms with Crippen molar-refractivity contribution in [3.05, 3.63) is 211 Å². The molecule has 0 fully saturated rings. The second-order valence-electron chi connectivity index (χ2n) is 25.4. The molecule has 0 spiro atoms. The molecule has 3 aromatic heterocycles. The molecule has 10 aromatic carbocycles. The van der Waals surface area contributed by atoms with E-state index in [2.05, 4.69) is 275 Å². The summed E-state index contributed by atoms with van der Waals surface area (Å²) in [5.74, 6) is 0. The average molecular weight is 1010 g/mol. The van der Waals surface area contributed by atoms with E-state index in [9.17, 15) is 0 Å². The Balaban J connectivity index is 0.985. The predicted molar refractivity (Wildman–Crippen MR) is 332 cm³/mol. The summed E-state index contributed by atoms with van der Waals surface area (Å²) in [5, 5.41) is 7.39. The van der Waals surface area contributed by atoms with Crippen LogP contribution in [-0.2, 0) is 16.2 Å². The number of nitrogens with zero attached hydrogens (tertiary/aromatic N) is 4. The number of furan rings is 1. The summed E-state index contributed by atoms with van der Waals surface area (Å²) >= 11 is 0. The molecule has 6 heteroatoms. The fourth-order valence-corrected chi connectivity index (χ4v) is 13.7. The molecule has 0 saturated carbocycles. The largest absolute Gasteiger partial charge is 0.455 e. The van der Waals surface area contributed by atoms with Crippen LogP contribution in [0, 0.1) is 0 Å². The summed E-state index contributed by atoms with van der Waals surface area (Å²) < 4.78 is 11.7. The van der Waals surface area contributed by atoms with E-state index < -0.39 is 0 Å². The number of rotatable bonds is 3. The van der Waals surface area contributed by atoms with Crippen LogP contribution in [0.1, 0.15) is 79.0 Å². The number of anilines is 6. The molecule has 0 amide bonds. The quantitative estimate of drug-likeness (QED) is 0.165. The van der Waals surface area contributed by atoms with Gasteiger partial charge in [-0.1, -0.05) is 172 Å². The molecule has 6 heterocycles. The highest BCUT2D eigenvalue weighted by Crippen LogP contribution is 2.53. The molecule has 13 aromatic rings. The average Bonchev–Trinajstić information content (AvgIpc) is 1.81. The summed E-state index contributed by atoms with van der Waals surface area (Å²) in [7, 11) is 0. The molecule has 0 aliphatic carbocycles. The van der Waals surface area contributed by atoms with Gasteiger partial charge in [-0.25, -0.2) is 0 Å². The first-order valence-corrected chi connectivity index (χ1v) is 27.8. The van der Waals surface area contributed by atoms with Gasteiger partial charge in [-0.2, -0.15) is 0 Å². The number of hydrogen-bond acceptors (Lipinski definition) is 3. The van der Waals surface area contributed by atoms with E-state index in [0.717, 1.165) is 44.4 Å². The molecule has 3 aliphatic rings. The zero-order valence-electron chi connectivity index (χ0n) is 45.7. The van der Waals surface area contributed by atoms with Gasteiger partial charge in [0.15, 0.2) is 0 Å². The zero-order chi connectivity index (χ0) is 52.9. The van der Waals surface area contributed by atoms with Crippen molar-refractivity contribution < 1.29 is 4.42 Å². The van der Waals surface area contributed by atoms with Crippen LogP contribution in [0.3, 0.4) is 0 Å². The van der Waals surface area contributed by atoms with Gasteiger partial charge in [-0.05, 0) is 140 Å². The Morgan fingerprint density at radius 3 is 1.68 bits per heavy atom. The lowest BCUT2D eigenvalue weighted by atomic mass is 9.33. The Labute approximate surface area is 455 Å². The SMILES string of the molecule is CC(C)(C)c1cc2c3c(c1)N1c4c(cccc4-n4c5ccccc5c5cccc1c54)B3c1ccc(-n3c4ccc(C(C)(C)C)cc4c4cc(C(C)(C)C)ccc43)cc1N2c1ccc(-c2cccc3c2oc2ccccc23)cc1. The van der Waals surface area contributed by atoms with Gasteiger partial charge in [-0.15, -0.1) is 0 Å². The topological polar surface area (TPSA) is 29.5 Å². The van der Waals surface area contributed by atoms with Gasteiger partial charge >= 0.3 is 0 Å². The lowest BCUT2D eigenvalue weighted by molar-refractivity contribution is 0.590. The van der Waals surface area contributed by atoms with Crippen LogP contribution in [0.5, 0.6) is 0 Å². The third kappa shape index (κ3) is 6.20. The molecule has 0 bridgehead atoms. The summed E-state index contributed by atoms with van der Waals surface area (Å²) in [6, 6.07) is 73.8. The highest BCUT2D eigenvalue weighted by molar-refractivity contribution is 7.00. The van der Waals surface area contributed by atoms with Gasteiger partial charge in [0.2, 0.25) is 0 Å². The molecule has 0 N–H and O–H groups in total. The Morgan fingerprint density at radius 2 is 0.962 bits per heavy atom. The van der Waals surface area contributed by atoms with E-state index in [-0.39, 0.29) is 23.0 Å². The fraction of sp³-hybridized carbons (Fsp3) is 0.167. The molecule has 0 unspecified atom stereocenters.